The summed E-state index contributed by atoms with van der Waals surface area (Å²) in [4.78, 5) is 14.7. The molecule has 0 atom stereocenters. The molecule has 2 heterocycles. The average Bonchev–Trinajstić information content (AvgIpc) is 2.82. The van der Waals surface area contributed by atoms with Crippen molar-refractivity contribution in [2.75, 3.05) is 32.8 Å². The number of Topliss-reactive ketones (excluding diaryl/α,β-unsaturated/α-hetero) is 1. The van der Waals surface area contributed by atoms with Crippen LogP contribution >= 0.6 is 0 Å². The van der Waals surface area contributed by atoms with Crippen molar-refractivity contribution in [1.82, 2.24) is 9.47 Å². The first-order chi connectivity index (χ1) is 10.1. The van der Waals surface area contributed by atoms with Crippen molar-refractivity contribution < 1.29 is 9.53 Å². The Morgan fingerprint density at radius 3 is 2.71 bits per heavy atom. The fraction of sp³-hybridized carbons (Fsp3) is 0.706. The molecule has 0 radical (unpaired) electrons. The zero-order chi connectivity index (χ0) is 14.9. The number of carbonyl (C=O) groups excluding carboxylic acids is 1. The maximum Gasteiger partial charge on any atom is 0.165 e. The largest absolute Gasteiger partial charge is 0.379 e. The van der Waals surface area contributed by atoms with E-state index in [0.717, 1.165) is 57.8 Å². The van der Waals surface area contributed by atoms with E-state index in [9.17, 15) is 4.79 Å². The quantitative estimate of drug-likeness (QED) is 0.854. The normalized spacial score (nSPS) is 22.3. The summed E-state index contributed by atoms with van der Waals surface area (Å²) in [5.41, 5.74) is 2.31. The van der Waals surface area contributed by atoms with Crippen LogP contribution in [0, 0.1) is 5.41 Å². The van der Waals surface area contributed by atoms with E-state index in [1.165, 1.54) is 5.69 Å². The molecule has 1 aromatic heterocycles. The van der Waals surface area contributed by atoms with Crippen molar-refractivity contribution in [3.05, 3.63) is 23.5 Å². The number of ketones is 1. The van der Waals surface area contributed by atoms with Gasteiger partial charge in [0.2, 0.25) is 0 Å². The average molecular weight is 290 g/mol. The summed E-state index contributed by atoms with van der Waals surface area (Å²) in [5, 5.41) is 0. The summed E-state index contributed by atoms with van der Waals surface area (Å²) >= 11 is 0. The first-order valence-corrected chi connectivity index (χ1v) is 8.06. The lowest BCUT2D eigenvalue weighted by molar-refractivity contribution is 0.0369. The lowest BCUT2D eigenvalue weighted by Crippen LogP contribution is -2.37. The predicted molar refractivity (Wildman–Crippen MR) is 82.7 cm³/mol. The number of morpholine rings is 1. The van der Waals surface area contributed by atoms with Crippen LogP contribution in [0.15, 0.2) is 12.3 Å². The Bertz CT molecular complexity index is 513. The lowest BCUT2D eigenvalue weighted by atomic mass is 9.76. The molecule has 1 aromatic rings. The zero-order valence-electron chi connectivity index (χ0n) is 13.2. The lowest BCUT2D eigenvalue weighted by Gasteiger charge is -2.30. The van der Waals surface area contributed by atoms with Crippen LogP contribution in [0.25, 0.3) is 0 Å². The summed E-state index contributed by atoms with van der Waals surface area (Å²) in [6, 6.07) is 2.02. The maximum absolute atomic E-state index is 12.2. The second-order valence-electron chi connectivity index (χ2n) is 7.12. The van der Waals surface area contributed by atoms with Gasteiger partial charge in [-0.05, 0) is 24.3 Å². The molecule has 0 amide bonds. The van der Waals surface area contributed by atoms with E-state index >= 15 is 0 Å². The molecule has 116 valence electrons. The molecule has 4 nitrogen and oxygen atoms in total. The Morgan fingerprint density at radius 1 is 1.19 bits per heavy atom. The topological polar surface area (TPSA) is 34.5 Å². The van der Waals surface area contributed by atoms with Gasteiger partial charge in [-0.2, -0.15) is 0 Å². The summed E-state index contributed by atoms with van der Waals surface area (Å²) in [7, 11) is 0. The van der Waals surface area contributed by atoms with Crippen molar-refractivity contribution >= 4 is 5.78 Å². The molecular weight excluding hydrogens is 264 g/mol. The molecule has 0 N–H and O–H groups in total. The highest BCUT2D eigenvalue weighted by molar-refractivity contribution is 5.98. The van der Waals surface area contributed by atoms with Gasteiger partial charge in [0, 0.05) is 50.1 Å². The van der Waals surface area contributed by atoms with Crippen molar-refractivity contribution in [3.63, 3.8) is 0 Å². The summed E-state index contributed by atoms with van der Waals surface area (Å²) < 4.78 is 7.68. The minimum atomic E-state index is 0.102. The fourth-order valence-electron chi connectivity index (χ4n) is 3.50. The first kappa shape index (κ1) is 14.8. The van der Waals surface area contributed by atoms with Crippen LogP contribution in [0.3, 0.4) is 0 Å². The molecule has 1 fully saturated rings. The van der Waals surface area contributed by atoms with Crippen molar-refractivity contribution in [3.8, 4) is 0 Å². The number of hydrogen-bond acceptors (Lipinski definition) is 3. The van der Waals surface area contributed by atoms with Crippen LogP contribution in [-0.4, -0.2) is 48.1 Å². The van der Waals surface area contributed by atoms with E-state index in [2.05, 4.69) is 29.5 Å². The highest BCUT2D eigenvalue weighted by atomic mass is 16.5. The molecule has 4 heteroatoms. The Labute approximate surface area is 127 Å². The third-order valence-electron chi connectivity index (χ3n) is 4.64. The van der Waals surface area contributed by atoms with Crippen LogP contribution < -0.4 is 0 Å². The van der Waals surface area contributed by atoms with E-state index in [4.69, 9.17) is 4.74 Å². The van der Waals surface area contributed by atoms with Gasteiger partial charge >= 0.3 is 0 Å². The molecule has 3 rings (SSSR count). The SMILES string of the molecule is CC1(C)CC(=O)c2ccn(CCCN3CCOCC3)c2C1. The van der Waals surface area contributed by atoms with Crippen LogP contribution in [0.1, 0.15) is 42.7 Å². The fourth-order valence-corrected chi connectivity index (χ4v) is 3.50. The molecule has 0 aromatic carbocycles. The third-order valence-corrected chi connectivity index (χ3v) is 4.64. The van der Waals surface area contributed by atoms with E-state index in [-0.39, 0.29) is 5.41 Å². The van der Waals surface area contributed by atoms with Crippen LogP contribution in [-0.2, 0) is 17.7 Å². The van der Waals surface area contributed by atoms with Gasteiger partial charge < -0.3 is 9.30 Å². The second-order valence-corrected chi connectivity index (χ2v) is 7.12. The third kappa shape index (κ3) is 3.38. The smallest absolute Gasteiger partial charge is 0.165 e. The molecule has 1 saturated heterocycles. The molecule has 2 aliphatic rings. The molecular formula is C17H26N2O2. The number of aryl methyl sites for hydroxylation is 1. The summed E-state index contributed by atoms with van der Waals surface area (Å²) in [5.74, 6) is 0.313. The van der Waals surface area contributed by atoms with E-state index in [0.29, 0.717) is 12.2 Å². The van der Waals surface area contributed by atoms with Gasteiger partial charge in [0.05, 0.1) is 13.2 Å². The number of fused-ring (bicyclic) bond motifs is 1. The van der Waals surface area contributed by atoms with E-state index in [1.807, 2.05) is 6.07 Å². The Balaban J connectivity index is 1.60. The standard InChI is InChI=1S/C17H26N2O2/c1-17(2)12-15-14(16(20)13-17)4-7-19(15)6-3-5-18-8-10-21-11-9-18/h4,7H,3,5-6,8-13H2,1-2H3. The van der Waals surface area contributed by atoms with Gasteiger partial charge in [0.1, 0.15) is 0 Å². The van der Waals surface area contributed by atoms with Crippen molar-refractivity contribution in [2.24, 2.45) is 5.41 Å². The van der Waals surface area contributed by atoms with Gasteiger partial charge in [-0.3, -0.25) is 9.69 Å². The minimum Gasteiger partial charge on any atom is -0.379 e. The predicted octanol–water partition coefficient (Wildman–Crippen LogP) is 2.37. The van der Waals surface area contributed by atoms with E-state index in [1.54, 1.807) is 0 Å². The Kier molecular flexibility index (Phi) is 4.18. The molecule has 0 unspecified atom stereocenters. The van der Waals surface area contributed by atoms with E-state index < -0.39 is 0 Å². The molecule has 0 spiro atoms. The molecule has 0 bridgehead atoms. The number of hydrogen-bond donors (Lipinski definition) is 0. The van der Waals surface area contributed by atoms with Crippen molar-refractivity contribution in [1.29, 1.82) is 0 Å². The highest BCUT2D eigenvalue weighted by Crippen LogP contribution is 2.35. The molecule has 21 heavy (non-hydrogen) atoms. The number of ether oxygens (including phenoxy) is 1. The summed E-state index contributed by atoms with van der Waals surface area (Å²) in [6.07, 6.45) is 4.93. The second kappa shape index (κ2) is 5.93. The van der Waals surface area contributed by atoms with Gasteiger partial charge in [-0.1, -0.05) is 13.8 Å². The van der Waals surface area contributed by atoms with Crippen molar-refractivity contribution in [2.45, 2.75) is 39.7 Å². The number of aromatic nitrogens is 1. The molecule has 0 saturated carbocycles. The highest BCUT2D eigenvalue weighted by Gasteiger charge is 2.32. The van der Waals surface area contributed by atoms with Crippen LogP contribution in [0.5, 0.6) is 0 Å². The Morgan fingerprint density at radius 2 is 1.95 bits per heavy atom. The van der Waals surface area contributed by atoms with Gasteiger partial charge in [-0.15, -0.1) is 0 Å². The van der Waals surface area contributed by atoms with Gasteiger partial charge in [0.15, 0.2) is 5.78 Å². The summed E-state index contributed by atoms with van der Waals surface area (Å²) in [6.45, 7) is 10.3. The van der Waals surface area contributed by atoms with Crippen LogP contribution in [0.4, 0.5) is 0 Å². The first-order valence-electron chi connectivity index (χ1n) is 8.06. The monoisotopic (exact) mass is 290 g/mol. The molecule has 1 aliphatic heterocycles. The maximum atomic E-state index is 12.2. The molecule has 1 aliphatic carbocycles. The Hall–Kier alpha value is -1.13. The number of nitrogens with zero attached hydrogens (tertiary/aromatic N) is 2. The minimum absolute atomic E-state index is 0.102. The van der Waals surface area contributed by atoms with Gasteiger partial charge in [0.25, 0.3) is 0 Å². The zero-order valence-corrected chi connectivity index (χ0v) is 13.2. The number of carbonyl (C=O) groups is 1. The van der Waals surface area contributed by atoms with Crippen LogP contribution in [0.2, 0.25) is 0 Å². The number of rotatable bonds is 4. The van der Waals surface area contributed by atoms with Gasteiger partial charge in [-0.25, -0.2) is 0 Å².